The van der Waals surface area contributed by atoms with Crippen LogP contribution in [-0.4, -0.2) is 60.9 Å². The first kappa shape index (κ1) is 25.4. The van der Waals surface area contributed by atoms with Crippen LogP contribution in [0.25, 0.3) is 0 Å². The molecule has 0 aliphatic rings. The van der Waals surface area contributed by atoms with Gasteiger partial charge in [-0.3, -0.25) is 0 Å². The normalized spacial score (nSPS) is 11.5. The fourth-order valence-electron chi connectivity index (χ4n) is 2.96. The molecule has 0 amide bonds. The third-order valence-electron chi connectivity index (χ3n) is 4.67. The Labute approximate surface area is 193 Å². The van der Waals surface area contributed by atoms with Crippen molar-refractivity contribution in [2.75, 3.05) is 49.5 Å². The molecule has 0 fully saturated rings. The molecule has 10 nitrogen and oxygen atoms in total. The van der Waals surface area contributed by atoms with E-state index < -0.39 is 0 Å². The van der Waals surface area contributed by atoms with Crippen molar-refractivity contribution in [1.82, 2.24) is 0 Å². The zero-order chi connectivity index (χ0) is 24.4. The van der Waals surface area contributed by atoms with Gasteiger partial charge in [-0.15, -0.1) is 0 Å². The molecule has 0 radical (unpaired) electrons. The molecule has 2 rings (SSSR count). The summed E-state index contributed by atoms with van der Waals surface area (Å²) in [6, 6.07) is 7.10. The Bertz CT molecular complexity index is 874. The topological polar surface area (TPSA) is 98.6 Å². The molecule has 0 bridgehead atoms. The minimum atomic E-state index is -0.191. The van der Waals surface area contributed by atoms with E-state index in [1.807, 2.05) is 0 Å². The maximum absolute atomic E-state index is 5.36. The average Bonchev–Trinajstić information content (AvgIpc) is 2.85. The Morgan fingerprint density at radius 3 is 1.09 bits per heavy atom. The molecular formula is C23H30N2O8. The van der Waals surface area contributed by atoms with Crippen LogP contribution in [0, 0.1) is 0 Å². The number of methoxy groups -OCH3 is 6. The number of rotatable bonds is 12. The molecule has 180 valence electrons. The van der Waals surface area contributed by atoms with E-state index in [-0.39, 0.29) is 6.79 Å². The Kier molecular flexibility index (Phi) is 9.46. The molecule has 0 unspecified atom stereocenters. The van der Waals surface area contributed by atoms with Crippen molar-refractivity contribution in [1.29, 1.82) is 0 Å². The summed E-state index contributed by atoms with van der Waals surface area (Å²) < 4.78 is 32.1. The van der Waals surface area contributed by atoms with Gasteiger partial charge in [0, 0.05) is 11.1 Å². The quantitative estimate of drug-likeness (QED) is 0.203. The second-order valence-electron chi connectivity index (χ2n) is 6.56. The first-order valence-electron chi connectivity index (χ1n) is 9.87. The zero-order valence-electron chi connectivity index (χ0n) is 20.2. The highest BCUT2D eigenvalue weighted by molar-refractivity contribution is 6.00. The Morgan fingerprint density at radius 1 is 0.545 bits per heavy atom. The molecule has 0 heterocycles. The van der Waals surface area contributed by atoms with E-state index >= 15 is 0 Å². The van der Waals surface area contributed by atoms with E-state index in [9.17, 15) is 0 Å². The van der Waals surface area contributed by atoms with Gasteiger partial charge in [-0.05, 0) is 38.1 Å². The maximum Gasteiger partial charge on any atom is 0.280 e. The van der Waals surface area contributed by atoms with Gasteiger partial charge in [-0.1, -0.05) is 10.3 Å². The SMILES string of the molecule is COc1cc(/C(C)=N\OCO/N=C(\C)c2cc(OC)c(OC)c(OC)c2)cc(OC)c1OC. The molecule has 2 aromatic carbocycles. The number of hydrogen-bond acceptors (Lipinski definition) is 10. The van der Waals surface area contributed by atoms with Crippen molar-refractivity contribution in [2.24, 2.45) is 10.3 Å². The standard InChI is InChI=1S/C23H30N2O8/c1-14(16-9-18(26-3)22(30-7)19(10-16)27-4)24-32-13-33-25-15(2)17-11-20(28-5)23(31-8)21(12-17)29-6/h9-12H,13H2,1-8H3/b24-14-,25-15+. The van der Waals surface area contributed by atoms with E-state index in [4.69, 9.17) is 38.1 Å². The van der Waals surface area contributed by atoms with Crippen molar-refractivity contribution >= 4 is 11.4 Å². The lowest BCUT2D eigenvalue weighted by molar-refractivity contribution is -0.0505. The summed E-state index contributed by atoms with van der Waals surface area (Å²) in [6.45, 7) is 3.37. The highest BCUT2D eigenvalue weighted by Crippen LogP contribution is 2.39. The van der Waals surface area contributed by atoms with Crippen LogP contribution in [0.3, 0.4) is 0 Å². The predicted molar refractivity (Wildman–Crippen MR) is 124 cm³/mol. The molecule has 0 aliphatic heterocycles. The van der Waals surface area contributed by atoms with Crippen LogP contribution >= 0.6 is 0 Å². The van der Waals surface area contributed by atoms with Crippen molar-refractivity contribution in [3.63, 3.8) is 0 Å². The van der Waals surface area contributed by atoms with Crippen LogP contribution in [-0.2, 0) is 9.68 Å². The first-order chi connectivity index (χ1) is 15.9. The van der Waals surface area contributed by atoms with Crippen LogP contribution < -0.4 is 28.4 Å². The zero-order valence-corrected chi connectivity index (χ0v) is 20.2. The van der Waals surface area contributed by atoms with E-state index in [0.717, 1.165) is 11.1 Å². The molecule has 0 saturated carbocycles. The third kappa shape index (κ3) is 6.12. The number of hydrogen-bond donors (Lipinski definition) is 0. The monoisotopic (exact) mass is 462 g/mol. The van der Waals surface area contributed by atoms with Crippen LogP contribution in [0.5, 0.6) is 34.5 Å². The number of ether oxygens (including phenoxy) is 6. The lowest BCUT2D eigenvalue weighted by atomic mass is 10.1. The molecule has 10 heteroatoms. The molecule has 0 aliphatic carbocycles. The van der Waals surface area contributed by atoms with Gasteiger partial charge < -0.3 is 38.1 Å². The summed E-state index contributed by atoms with van der Waals surface area (Å²) in [5.74, 6) is 3.06. The molecule has 0 saturated heterocycles. The fraction of sp³-hybridized carbons (Fsp3) is 0.391. The fourth-order valence-corrected chi connectivity index (χ4v) is 2.96. The minimum absolute atomic E-state index is 0.191. The first-order valence-corrected chi connectivity index (χ1v) is 9.87. The smallest absolute Gasteiger partial charge is 0.280 e. The van der Waals surface area contributed by atoms with Crippen molar-refractivity contribution in [3.05, 3.63) is 35.4 Å². The molecule has 0 atom stereocenters. The Balaban J connectivity index is 2.07. The van der Waals surface area contributed by atoms with E-state index in [0.29, 0.717) is 45.9 Å². The predicted octanol–water partition coefficient (Wildman–Crippen LogP) is 3.88. The van der Waals surface area contributed by atoms with Crippen LogP contribution in [0.4, 0.5) is 0 Å². The van der Waals surface area contributed by atoms with E-state index in [1.165, 1.54) is 0 Å². The molecule has 2 aromatic rings. The lowest BCUT2D eigenvalue weighted by Gasteiger charge is -2.14. The van der Waals surface area contributed by atoms with Gasteiger partial charge in [0.15, 0.2) is 23.0 Å². The Morgan fingerprint density at radius 2 is 0.848 bits per heavy atom. The van der Waals surface area contributed by atoms with Crippen LogP contribution in [0.15, 0.2) is 34.6 Å². The molecule has 0 spiro atoms. The van der Waals surface area contributed by atoms with Gasteiger partial charge in [0.25, 0.3) is 6.79 Å². The van der Waals surface area contributed by atoms with Gasteiger partial charge in [-0.25, -0.2) is 0 Å². The van der Waals surface area contributed by atoms with Gasteiger partial charge in [0.05, 0.1) is 54.1 Å². The number of nitrogens with zero attached hydrogens (tertiary/aromatic N) is 2. The van der Waals surface area contributed by atoms with E-state index in [2.05, 4.69) is 10.3 Å². The van der Waals surface area contributed by atoms with Gasteiger partial charge >= 0.3 is 0 Å². The van der Waals surface area contributed by atoms with Crippen molar-refractivity contribution in [3.8, 4) is 34.5 Å². The minimum Gasteiger partial charge on any atom is -0.493 e. The summed E-state index contributed by atoms with van der Waals surface area (Å²) in [5.41, 5.74) is 2.65. The second-order valence-corrected chi connectivity index (χ2v) is 6.56. The second kappa shape index (κ2) is 12.3. The number of oxime groups is 2. The highest BCUT2D eigenvalue weighted by Gasteiger charge is 2.16. The lowest BCUT2D eigenvalue weighted by Crippen LogP contribution is -2.03. The molecular weight excluding hydrogens is 432 g/mol. The number of benzene rings is 2. The molecule has 33 heavy (non-hydrogen) atoms. The maximum atomic E-state index is 5.36. The largest absolute Gasteiger partial charge is 0.493 e. The van der Waals surface area contributed by atoms with Gasteiger partial charge in [-0.2, -0.15) is 0 Å². The van der Waals surface area contributed by atoms with Crippen molar-refractivity contribution < 1.29 is 38.1 Å². The van der Waals surface area contributed by atoms with Crippen LogP contribution in [0.1, 0.15) is 25.0 Å². The summed E-state index contributed by atoms with van der Waals surface area (Å²) in [5, 5.41) is 8.12. The summed E-state index contributed by atoms with van der Waals surface area (Å²) in [4.78, 5) is 10.5. The third-order valence-corrected chi connectivity index (χ3v) is 4.67. The van der Waals surface area contributed by atoms with Crippen LogP contribution in [0.2, 0.25) is 0 Å². The molecule has 0 N–H and O–H groups in total. The highest BCUT2D eigenvalue weighted by atomic mass is 16.8. The summed E-state index contributed by atoms with van der Waals surface area (Å²) in [6.07, 6.45) is 0. The van der Waals surface area contributed by atoms with Gasteiger partial charge in [0.2, 0.25) is 11.5 Å². The summed E-state index contributed by atoms with van der Waals surface area (Å²) in [7, 11) is 9.28. The summed E-state index contributed by atoms with van der Waals surface area (Å²) >= 11 is 0. The molecule has 0 aromatic heterocycles. The Hall–Kier alpha value is -3.82. The van der Waals surface area contributed by atoms with Crippen molar-refractivity contribution in [2.45, 2.75) is 13.8 Å². The van der Waals surface area contributed by atoms with E-state index in [1.54, 1.807) is 80.8 Å². The van der Waals surface area contributed by atoms with Gasteiger partial charge in [0.1, 0.15) is 0 Å². The average molecular weight is 462 g/mol.